The van der Waals surface area contributed by atoms with Crippen LogP contribution >= 0.6 is 0 Å². The molecule has 2 heterocycles. The lowest BCUT2D eigenvalue weighted by Crippen LogP contribution is -2.41. The van der Waals surface area contributed by atoms with Gasteiger partial charge in [-0.3, -0.25) is 9.59 Å². The minimum atomic E-state index is -0.219. The highest BCUT2D eigenvalue weighted by atomic mass is 16.5. The number of hydrogen-bond acceptors (Lipinski definition) is 4. The Balaban J connectivity index is 1.67. The molecular weight excluding hydrogens is 282 g/mol. The highest BCUT2D eigenvalue weighted by molar-refractivity contribution is 6.40. The van der Waals surface area contributed by atoms with Crippen molar-refractivity contribution in [2.24, 2.45) is 5.10 Å². The molecule has 0 radical (unpaired) electrons. The highest BCUT2D eigenvalue weighted by Crippen LogP contribution is 2.19. The molecule has 1 aromatic rings. The minimum Gasteiger partial charge on any atom is -0.376 e. The van der Waals surface area contributed by atoms with E-state index in [-0.39, 0.29) is 17.9 Å². The number of amides is 2. The first-order valence-electron chi connectivity index (χ1n) is 7.59. The Morgan fingerprint density at radius 3 is 2.86 bits per heavy atom. The third kappa shape index (κ3) is 3.33. The number of anilines is 1. The van der Waals surface area contributed by atoms with Gasteiger partial charge in [-0.2, -0.15) is 5.10 Å². The number of nitrogens with one attached hydrogen (secondary N) is 1. The summed E-state index contributed by atoms with van der Waals surface area (Å²) < 4.78 is 5.48. The molecule has 116 valence electrons. The first kappa shape index (κ1) is 14.7. The van der Waals surface area contributed by atoms with Gasteiger partial charge in [-0.15, -0.1) is 0 Å². The van der Waals surface area contributed by atoms with Gasteiger partial charge in [0.05, 0.1) is 11.8 Å². The molecule has 2 amide bonds. The van der Waals surface area contributed by atoms with E-state index in [1.54, 1.807) is 12.1 Å². The maximum Gasteiger partial charge on any atom is 0.267 e. The van der Waals surface area contributed by atoms with Gasteiger partial charge in [0.2, 0.25) is 5.91 Å². The molecule has 1 N–H and O–H groups in total. The molecule has 22 heavy (non-hydrogen) atoms. The quantitative estimate of drug-likeness (QED) is 0.915. The van der Waals surface area contributed by atoms with Crippen LogP contribution in [0, 0.1) is 0 Å². The van der Waals surface area contributed by atoms with Crippen LogP contribution < -0.4 is 10.3 Å². The molecule has 6 nitrogen and oxygen atoms in total. The molecule has 0 bridgehead atoms. The van der Waals surface area contributed by atoms with Gasteiger partial charge in [-0.1, -0.05) is 18.2 Å². The van der Waals surface area contributed by atoms with Gasteiger partial charge in [0, 0.05) is 26.0 Å². The van der Waals surface area contributed by atoms with Gasteiger partial charge in [0.25, 0.3) is 5.91 Å². The summed E-state index contributed by atoms with van der Waals surface area (Å²) in [6.07, 6.45) is 2.78. The summed E-state index contributed by atoms with van der Waals surface area (Å²) in [7, 11) is 0. The number of hydrazone groups is 1. The van der Waals surface area contributed by atoms with Crippen molar-refractivity contribution in [3.05, 3.63) is 30.3 Å². The lowest BCUT2D eigenvalue weighted by atomic mass is 10.1. The van der Waals surface area contributed by atoms with Crippen molar-refractivity contribution in [2.45, 2.75) is 31.8 Å². The van der Waals surface area contributed by atoms with Crippen LogP contribution in [0.3, 0.4) is 0 Å². The maximum atomic E-state index is 12.2. The van der Waals surface area contributed by atoms with Crippen molar-refractivity contribution in [1.29, 1.82) is 0 Å². The number of para-hydroxylation sites is 1. The van der Waals surface area contributed by atoms with Gasteiger partial charge < -0.3 is 10.1 Å². The van der Waals surface area contributed by atoms with Gasteiger partial charge in [0.15, 0.2) is 0 Å². The van der Waals surface area contributed by atoms with E-state index >= 15 is 0 Å². The molecule has 6 heteroatoms. The Morgan fingerprint density at radius 2 is 2.14 bits per heavy atom. The zero-order chi connectivity index (χ0) is 15.4. The predicted octanol–water partition coefficient (Wildman–Crippen LogP) is 1.46. The second-order valence-corrected chi connectivity index (χ2v) is 5.43. The Morgan fingerprint density at radius 1 is 1.32 bits per heavy atom. The average molecular weight is 301 g/mol. The molecule has 3 rings (SSSR count). The van der Waals surface area contributed by atoms with Crippen molar-refractivity contribution in [3.8, 4) is 0 Å². The SMILES string of the molecule is O=C(NCC1CCCO1)C1=NN(c2ccccc2)C(=O)CC1. The van der Waals surface area contributed by atoms with Gasteiger partial charge in [-0.25, -0.2) is 5.01 Å². The Bertz CT molecular complexity index is 580. The molecule has 0 aliphatic carbocycles. The Hall–Kier alpha value is -2.21. The van der Waals surface area contributed by atoms with E-state index in [1.807, 2.05) is 18.2 Å². The highest BCUT2D eigenvalue weighted by Gasteiger charge is 2.26. The first-order chi connectivity index (χ1) is 10.7. The number of benzene rings is 1. The molecule has 0 aromatic heterocycles. The fraction of sp³-hybridized carbons (Fsp3) is 0.438. The summed E-state index contributed by atoms with van der Waals surface area (Å²) in [5.41, 5.74) is 1.07. The fourth-order valence-electron chi connectivity index (χ4n) is 2.60. The van der Waals surface area contributed by atoms with Crippen LogP contribution in [-0.4, -0.2) is 36.8 Å². The normalized spacial score (nSPS) is 21.6. The third-order valence-corrected chi connectivity index (χ3v) is 3.81. The largest absolute Gasteiger partial charge is 0.376 e. The molecule has 2 aliphatic rings. The standard InChI is InChI=1S/C16H19N3O3/c20-15-9-8-14(16(21)17-11-13-7-4-10-22-13)18-19(15)12-5-2-1-3-6-12/h1-3,5-6,13H,4,7-11H2,(H,17,21). The summed E-state index contributed by atoms with van der Waals surface area (Å²) in [5, 5.41) is 8.38. The Kier molecular flexibility index (Phi) is 4.48. The van der Waals surface area contributed by atoms with Crippen LogP contribution in [-0.2, 0) is 14.3 Å². The van der Waals surface area contributed by atoms with Crippen molar-refractivity contribution in [2.75, 3.05) is 18.2 Å². The monoisotopic (exact) mass is 301 g/mol. The van der Waals surface area contributed by atoms with E-state index in [4.69, 9.17) is 4.74 Å². The summed E-state index contributed by atoms with van der Waals surface area (Å²) in [6, 6.07) is 9.15. The summed E-state index contributed by atoms with van der Waals surface area (Å²) >= 11 is 0. The first-order valence-corrected chi connectivity index (χ1v) is 7.59. The van der Waals surface area contributed by atoms with Crippen LogP contribution in [0.1, 0.15) is 25.7 Å². The van der Waals surface area contributed by atoms with Crippen molar-refractivity contribution < 1.29 is 14.3 Å². The molecule has 1 atom stereocenters. The molecule has 2 aliphatic heterocycles. The third-order valence-electron chi connectivity index (χ3n) is 3.81. The van der Waals surface area contributed by atoms with Crippen molar-refractivity contribution >= 4 is 23.2 Å². The molecule has 1 saturated heterocycles. The molecule has 1 unspecified atom stereocenters. The number of rotatable bonds is 4. The second-order valence-electron chi connectivity index (χ2n) is 5.43. The molecular formula is C16H19N3O3. The number of hydrogen-bond donors (Lipinski definition) is 1. The van der Waals surface area contributed by atoms with Crippen LogP contribution in [0.2, 0.25) is 0 Å². The maximum absolute atomic E-state index is 12.2. The van der Waals surface area contributed by atoms with E-state index in [0.29, 0.717) is 30.8 Å². The number of nitrogens with zero attached hydrogens (tertiary/aromatic N) is 2. The molecule has 0 saturated carbocycles. The van der Waals surface area contributed by atoms with Crippen molar-refractivity contribution in [3.63, 3.8) is 0 Å². The van der Waals surface area contributed by atoms with Crippen molar-refractivity contribution in [1.82, 2.24) is 5.32 Å². The van der Waals surface area contributed by atoms with Gasteiger partial charge in [-0.05, 0) is 25.0 Å². The minimum absolute atomic E-state index is 0.0955. The van der Waals surface area contributed by atoms with E-state index in [9.17, 15) is 9.59 Å². The van der Waals surface area contributed by atoms with E-state index in [0.717, 1.165) is 19.4 Å². The molecule has 1 aromatic carbocycles. The van der Waals surface area contributed by atoms with E-state index in [1.165, 1.54) is 5.01 Å². The fourth-order valence-corrected chi connectivity index (χ4v) is 2.60. The zero-order valence-electron chi connectivity index (χ0n) is 12.3. The molecule has 1 fully saturated rings. The van der Waals surface area contributed by atoms with Crippen LogP contribution in [0.15, 0.2) is 35.4 Å². The summed E-state index contributed by atoms with van der Waals surface area (Å²) in [6.45, 7) is 1.26. The summed E-state index contributed by atoms with van der Waals surface area (Å²) in [4.78, 5) is 24.2. The van der Waals surface area contributed by atoms with E-state index < -0.39 is 0 Å². The second kappa shape index (κ2) is 6.70. The smallest absolute Gasteiger partial charge is 0.267 e. The predicted molar refractivity (Wildman–Crippen MR) is 82.6 cm³/mol. The van der Waals surface area contributed by atoms with Crippen LogP contribution in [0.5, 0.6) is 0 Å². The van der Waals surface area contributed by atoms with Crippen LogP contribution in [0.4, 0.5) is 5.69 Å². The Labute approximate surface area is 129 Å². The zero-order valence-corrected chi connectivity index (χ0v) is 12.3. The van der Waals surface area contributed by atoms with Crippen LogP contribution in [0.25, 0.3) is 0 Å². The number of carbonyl (C=O) groups is 2. The topological polar surface area (TPSA) is 71.0 Å². The number of ether oxygens (including phenoxy) is 1. The molecule has 0 spiro atoms. The lowest BCUT2D eigenvalue weighted by Gasteiger charge is -2.23. The van der Waals surface area contributed by atoms with Gasteiger partial charge >= 0.3 is 0 Å². The summed E-state index contributed by atoms with van der Waals surface area (Å²) in [5.74, 6) is -0.314. The van der Waals surface area contributed by atoms with Gasteiger partial charge in [0.1, 0.15) is 5.71 Å². The average Bonchev–Trinajstić information content (AvgIpc) is 3.07. The lowest BCUT2D eigenvalue weighted by molar-refractivity contribution is -0.119. The number of carbonyl (C=O) groups excluding carboxylic acids is 2. The van der Waals surface area contributed by atoms with E-state index in [2.05, 4.69) is 10.4 Å².